The van der Waals surface area contributed by atoms with E-state index in [0.717, 1.165) is 46.8 Å². The van der Waals surface area contributed by atoms with Crippen LogP contribution in [0.3, 0.4) is 0 Å². The van der Waals surface area contributed by atoms with Gasteiger partial charge in [0.15, 0.2) is 0 Å². The Morgan fingerprint density at radius 3 is 1.54 bits per heavy atom. The molecule has 0 aromatic heterocycles. The number of hydrogen-bond acceptors (Lipinski definition) is 0. The molecule has 3 rings (SSSR count). The monoisotopic (exact) mass is 420 g/mol. The zero-order chi connectivity index (χ0) is 19.6. The zero-order valence-electron chi connectivity index (χ0n) is 19.4. The molecule has 0 saturated heterocycles. The Morgan fingerprint density at radius 1 is 0.714 bits per heavy atom. The Morgan fingerprint density at radius 2 is 1.14 bits per heavy atom. The molecule has 2 heteroatoms. The second-order valence-corrected chi connectivity index (χ2v) is 13.2. The molecule has 28 heavy (non-hydrogen) atoms. The minimum atomic E-state index is -0.0889. The highest BCUT2D eigenvalue weighted by Crippen LogP contribution is 2.60. The summed E-state index contributed by atoms with van der Waals surface area (Å²) in [6.45, 7) is 15.0. The van der Waals surface area contributed by atoms with Gasteiger partial charge in [0.25, 0.3) is 0 Å². The average molecular weight is 421 g/mol. The highest BCUT2D eigenvalue weighted by atomic mass is 31.1. The van der Waals surface area contributed by atoms with Gasteiger partial charge in [-0.3, -0.25) is 0 Å². The molecule has 0 nitrogen and oxygen atoms in total. The van der Waals surface area contributed by atoms with E-state index < -0.39 is 0 Å². The maximum absolute atomic E-state index is 2.52. The van der Waals surface area contributed by atoms with Crippen molar-refractivity contribution in [3.8, 4) is 0 Å². The normalized spacial score (nSPS) is 34.9. The average Bonchev–Trinajstić information content (AvgIpc) is 2.62. The molecule has 0 amide bonds. The van der Waals surface area contributed by atoms with Crippen LogP contribution in [0, 0.1) is 35.5 Å². The fourth-order valence-electron chi connectivity index (χ4n) is 6.17. The summed E-state index contributed by atoms with van der Waals surface area (Å²) in [5, 5.41) is 1.71. The maximum atomic E-state index is 2.52. The van der Waals surface area contributed by atoms with E-state index in [-0.39, 0.29) is 17.8 Å². The first kappa shape index (κ1) is 24.4. The first-order valence-electron chi connectivity index (χ1n) is 11.7. The summed E-state index contributed by atoms with van der Waals surface area (Å²) in [4.78, 5) is 0. The molecule has 0 radical (unpaired) electrons. The van der Waals surface area contributed by atoms with Gasteiger partial charge in [-0.1, -0.05) is 92.6 Å². The summed E-state index contributed by atoms with van der Waals surface area (Å²) in [6.07, 6.45) is 8.77. The lowest BCUT2D eigenvalue weighted by molar-refractivity contribution is 0.224. The maximum Gasteiger partial charge on any atom is -0.0133 e. The Bertz CT molecular complexity index is 535. The fraction of sp³-hybridized carbons (Fsp3) is 0.769. The molecule has 7 unspecified atom stereocenters. The van der Waals surface area contributed by atoms with Crippen LogP contribution in [-0.4, -0.2) is 11.3 Å². The lowest BCUT2D eigenvalue weighted by Crippen LogP contribution is -2.40. The van der Waals surface area contributed by atoms with Crippen molar-refractivity contribution in [1.82, 2.24) is 0 Å². The number of hydrogen-bond donors (Lipinski definition) is 0. The van der Waals surface area contributed by atoms with E-state index in [9.17, 15) is 0 Å². The highest BCUT2D eigenvalue weighted by molar-refractivity contribution is 7.67. The van der Waals surface area contributed by atoms with Crippen LogP contribution in [0.25, 0.3) is 0 Å². The van der Waals surface area contributed by atoms with Gasteiger partial charge in [0, 0.05) is 0 Å². The first-order chi connectivity index (χ1) is 12.9. The summed E-state index contributed by atoms with van der Waals surface area (Å²) < 4.78 is 0. The Kier molecular flexibility index (Phi) is 9.49. The fourth-order valence-corrected chi connectivity index (χ4v) is 10.9. The van der Waals surface area contributed by atoms with Crippen LogP contribution in [0.4, 0.5) is 0 Å². The van der Waals surface area contributed by atoms with Crippen molar-refractivity contribution >= 4 is 23.1 Å². The van der Waals surface area contributed by atoms with Crippen molar-refractivity contribution in [1.29, 1.82) is 0 Å². The molecule has 0 heterocycles. The molecule has 1 aromatic rings. The molecule has 2 aliphatic rings. The molecule has 0 aliphatic heterocycles. The van der Waals surface area contributed by atoms with Crippen molar-refractivity contribution in [3.63, 3.8) is 0 Å². The van der Waals surface area contributed by atoms with Gasteiger partial charge in [0.2, 0.25) is 0 Å². The SMILES string of the molecule is CC1CCC(C(C)C)C(P(c2ccccc2)C2CC(C)CCC2C(C)C)C1.P. The molecule has 2 saturated carbocycles. The third-order valence-corrected chi connectivity index (χ3v) is 11.3. The molecule has 0 bridgehead atoms. The first-order valence-corrected chi connectivity index (χ1v) is 13.2. The van der Waals surface area contributed by atoms with Gasteiger partial charge in [-0.25, -0.2) is 0 Å². The lowest BCUT2D eigenvalue weighted by atomic mass is 9.76. The summed E-state index contributed by atoms with van der Waals surface area (Å²) in [7, 11) is -0.0889. The number of rotatable bonds is 5. The molecular weight excluding hydrogens is 374 g/mol. The predicted molar refractivity (Wildman–Crippen MR) is 134 cm³/mol. The summed E-state index contributed by atoms with van der Waals surface area (Å²) in [6, 6.07) is 11.8. The van der Waals surface area contributed by atoms with Gasteiger partial charge in [0.1, 0.15) is 0 Å². The van der Waals surface area contributed by atoms with Crippen LogP contribution >= 0.6 is 17.8 Å². The summed E-state index contributed by atoms with van der Waals surface area (Å²) in [5.74, 6) is 5.34. The van der Waals surface area contributed by atoms with Crippen LogP contribution in [-0.2, 0) is 0 Å². The smallest absolute Gasteiger partial charge is 0.0133 e. The molecule has 0 spiro atoms. The molecular formula is C26H46P2. The summed E-state index contributed by atoms with van der Waals surface area (Å²) >= 11 is 0. The van der Waals surface area contributed by atoms with Crippen LogP contribution in [0.15, 0.2) is 30.3 Å². The summed E-state index contributed by atoms with van der Waals surface area (Å²) in [5.41, 5.74) is 1.87. The van der Waals surface area contributed by atoms with E-state index >= 15 is 0 Å². The number of benzene rings is 1. The van der Waals surface area contributed by atoms with E-state index in [1.807, 2.05) is 0 Å². The molecule has 7 atom stereocenters. The van der Waals surface area contributed by atoms with Crippen molar-refractivity contribution in [3.05, 3.63) is 30.3 Å². The van der Waals surface area contributed by atoms with E-state index in [4.69, 9.17) is 0 Å². The van der Waals surface area contributed by atoms with Gasteiger partial charge < -0.3 is 0 Å². The van der Waals surface area contributed by atoms with Gasteiger partial charge in [-0.05, 0) is 77.8 Å². The largest absolute Gasteiger partial charge is 0.153 e. The van der Waals surface area contributed by atoms with Gasteiger partial charge in [-0.15, -0.1) is 0 Å². The predicted octanol–water partition coefficient (Wildman–Crippen LogP) is 7.77. The Hall–Kier alpha value is 0.0800. The van der Waals surface area contributed by atoms with Crippen LogP contribution < -0.4 is 5.30 Å². The Balaban J connectivity index is 0.00000280. The second kappa shape index (κ2) is 10.9. The van der Waals surface area contributed by atoms with Gasteiger partial charge >= 0.3 is 0 Å². The molecule has 160 valence electrons. The Labute approximate surface area is 180 Å². The van der Waals surface area contributed by atoms with E-state index in [0.29, 0.717) is 0 Å². The minimum absolute atomic E-state index is 0. The van der Waals surface area contributed by atoms with Crippen LogP contribution in [0.5, 0.6) is 0 Å². The second-order valence-electron chi connectivity index (χ2n) is 10.5. The van der Waals surface area contributed by atoms with Crippen molar-refractivity contribution in [2.45, 2.75) is 91.4 Å². The topological polar surface area (TPSA) is 0 Å². The van der Waals surface area contributed by atoms with Crippen molar-refractivity contribution in [2.24, 2.45) is 35.5 Å². The van der Waals surface area contributed by atoms with E-state index in [1.54, 1.807) is 5.30 Å². The van der Waals surface area contributed by atoms with Crippen molar-refractivity contribution in [2.75, 3.05) is 0 Å². The quantitative estimate of drug-likeness (QED) is 0.427. The van der Waals surface area contributed by atoms with Crippen LogP contribution in [0.1, 0.15) is 80.1 Å². The molecule has 2 fully saturated rings. The molecule has 0 N–H and O–H groups in total. The third kappa shape index (κ3) is 5.61. The highest BCUT2D eigenvalue weighted by Gasteiger charge is 2.44. The zero-order valence-corrected chi connectivity index (χ0v) is 21.7. The van der Waals surface area contributed by atoms with Gasteiger partial charge in [0.05, 0.1) is 0 Å². The lowest BCUT2D eigenvalue weighted by Gasteiger charge is -2.49. The standard InChI is InChI=1S/C26H43P.H3P/c1-18(2)23-14-12-20(5)16-25(23)27(22-10-8-7-9-11-22)26-17-21(6)13-15-24(26)19(3)4;/h7-11,18-21,23-26H,12-17H2,1-6H3;1H3. The van der Waals surface area contributed by atoms with Gasteiger partial charge in [-0.2, -0.15) is 9.90 Å². The van der Waals surface area contributed by atoms with E-state index in [1.165, 1.54) is 38.5 Å². The molecule has 2 aliphatic carbocycles. The third-order valence-electron chi connectivity index (χ3n) is 7.74. The van der Waals surface area contributed by atoms with E-state index in [2.05, 4.69) is 71.9 Å². The minimum Gasteiger partial charge on any atom is -0.153 e. The van der Waals surface area contributed by atoms with Crippen molar-refractivity contribution < 1.29 is 0 Å². The van der Waals surface area contributed by atoms with Crippen LogP contribution in [0.2, 0.25) is 0 Å². The molecule has 1 aromatic carbocycles.